The molecule has 3 aromatic rings. The molecule has 0 bridgehead atoms. The van der Waals surface area contributed by atoms with Gasteiger partial charge in [-0.15, -0.1) is 0 Å². The lowest BCUT2D eigenvalue weighted by Crippen LogP contribution is -2.06. The Morgan fingerprint density at radius 1 is 0.920 bits per heavy atom. The standard InChI is InChI=1S/C20H16O5/c1-24-19(22)15-8-6-13(7-9-15)12-25-20(23)17-11-10-14-4-2-3-5-16(14)18(17)21/h2-11,21H,12H2,1H3. The van der Waals surface area contributed by atoms with E-state index in [0.717, 1.165) is 10.9 Å². The molecule has 1 N–H and O–H groups in total. The number of aromatic hydroxyl groups is 1. The van der Waals surface area contributed by atoms with Crippen molar-refractivity contribution in [3.8, 4) is 5.75 Å². The van der Waals surface area contributed by atoms with Gasteiger partial charge in [-0.2, -0.15) is 0 Å². The zero-order valence-electron chi connectivity index (χ0n) is 13.6. The maximum atomic E-state index is 12.2. The van der Waals surface area contributed by atoms with Gasteiger partial charge in [-0.1, -0.05) is 42.5 Å². The summed E-state index contributed by atoms with van der Waals surface area (Å²) >= 11 is 0. The molecular weight excluding hydrogens is 320 g/mol. The summed E-state index contributed by atoms with van der Waals surface area (Å²) in [6.07, 6.45) is 0. The van der Waals surface area contributed by atoms with Gasteiger partial charge in [-0.3, -0.25) is 0 Å². The number of rotatable bonds is 4. The maximum absolute atomic E-state index is 12.2. The van der Waals surface area contributed by atoms with E-state index in [1.165, 1.54) is 7.11 Å². The van der Waals surface area contributed by atoms with Crippen molar-refractivity contribution < 1.29 is 24.2 Å². The molecule has 126 valence electrons. The second kappa shape index (κ2) is 7.05. The van der Waals surface area contributed by atoms with Gasteiger partial charge < -0.3 is 14.6 Å². The van der Waals surface area contributed by atoms with Crippen molar-refractivity contribution in [1.82, 2.24) is 0 Å². The molecular formula is C20H16O5. The molecule has 0 aliphatic carbocycles. The van der Waals surface area contributed by atoms with E-state index in [2.05, 4.69) is 4.74 Å². The van der Waals surface area contributed by atoms with E-state index in [1.54, 1.807) is 48.5 Å². The Balaban J connectivity index is 1.72. The summed E-state index contributed by atoms with van der Waals surface area (Å²) in [6.45, 7) is 0.0343. The molecule has 5 heteroatoms. The van der Waals surface area contributed by atoms with Crippen molar-refractivity contribution >= 4 is 22.7 Å². The number of esters is 2. The van der Waals surface area contributed by atoms with Crippen LogP contribution < -0.4 is 0 Å². The third-order valence-corrected chi connectivity index (χ3v) is 3.87. The van der Waals surface area contributed by atoms with Gasteiger partial charge in [0.05, 0.1) is 12.7 Å². The molecule has 0 heterocycles. The van der Waals surface area contributed by atoms with Gasteiger partial charge in [0.2, 0.25) is 0 Å². The predicted octanol–water partition coefficient (Wildman–Crippen LogP) is 3.69. The SMILES string of the molecule is COC(=O)c1ccc(COC(=O)c2ccc3ccccc3c2O)cc1. The number of hydrogen-bond donors (Lipinski definition) is 1. The van der Waals surface area contributed by atoms with Crippen molar-refractivity contribution in [2.24, 2.45) is 0 Å². The van der Waals surface area contributed by atoms with Crippen molar-refractivity contribution in [1.29, 1.82) is 0 Å². The molecule has 0 aromatic heterocycles. The summed E-state index contributed by atoms with van der Waals surface area (Å²) < 4.78 is 9.88. The minimum absolute atomic E-state index is 0.0343. The lowest BCUT2D eigenvalue weighted by molar-refractivity contribution is 0.0468. The number of methoxy groups -OCH3 is 1. The number of fused-ring (bicyclic) bond motifs is 1. The van der Waals surface area contributed by atoms with E-state index in [1.807, 2.05) is 12.1 Å². The Kier molecular flexibility index (Phi) is 4.66. The highest BCUT2D eigenvalue weighted by Crippen LogP contribution is 2.29. The molecule has 0 aliphatic heterocycles. The molecule has 0 spiro atoms. The van der Waals surface area contributed by atoms with Gasteiger partial charge >= 0.3 is 11.9 Å². The van der Waals surface area contributed by atoms with Crippen LogP contribution in [0.15, 0.2) is 60.7 Å². The van der Waals surface area contributed by atoms with Crippen LogP contribution >= 0.6 is 0 Å². The average molecular weight is 336 g/mol. The normalized spacial score (nSPS) is 10.4. The van der Waals surface area contributed by atoms with Crippen LogP contribution in [0, 0.1) is 0 Å². The Morgan fingerprint density at radius 2 is 1.64 bits per heavy atom. The van der Waals surface area contributed by atoms with E-state index in [4.69, 9.17) is 4.74 Å². The van der Waals surface area contributed by atoms with Crippen LogP contribution in [0.25, 0.3) is 10.8 Å². The summed E-state index contributed by atoms with van der Waals surface area (Å²) in [5.41, 5.74) is 1.26. The summed E-state index contributed by atoms with van der Waals surface area (Å²) in [7, 11) is 1.31. The number of phenols is 1. The Morgan fingerprint density at radius 3 is 2.36 bits per heavy atom. The van der Waals surface area contributed by atoms with Crippen LogP contribution in [0.5, 0.6) is 5.75 Å². The largest absolute Gasteiger partial charge is 0.506 e. The van der Waals surface area contributed by atoms with Gasteiger partial charge in [0, 0.05) is 5.39 Å². The lowest BCUT2D eigenvalue weighted by Gasteiger charge is -2.09. The molecule has 0 atom stereocenters. The van der Waals surface area contributed by atoms with E-state index >= 15 is 0 Å². The van der Waals surface area contributed by atoms with E-state index in [0.29, 0.717) is 10.9 Å². The Bertz CT molecular complexity index is 928. The molecule has 0 unspecified atom stereocenters. The Hall–Kier alpha value is -3.34. The zero-order valence-corrected chi connectivity index (χ0v) is 13.6. The average Bonchev–Trinajstić information content (AvgIpc) is 2.66. The van der Waals surface area contributed by atoms with Gasteiger partial charge in [0.25, 0.3) is 0 Å². The number of carbonyl (C=O) groups is 2. The highest BCUT2D eigenvalue weighted by molar-refractivity contribution is 6.01. The van der Waals surface area contributed by atoms with E-state index in [-0.39, 0.29) is 17.9 Å². The molecule has 0 fully saturated rings. The molecule has 0 aliphatic rings. The van der Waals surface area contributed by atoms with Gasteiger partial charge in [0.15, 0.2) is 0 Å². The van der Waals surface area contributed by atoms with Crippen LogP contribution in [0.4, 0.5) is 0 Å². The number of ether oxygens (including phenoxy) is 2. The fourth-order valence-corrected chi connectivity index (χ4v) is 2.50. The van der Waals surface area contributed by atoms with Crippen LogP contribution in [-0.2, 0) is 16.1 Å². The topological polar surface area (TPSA) is 72.8 Å². The number of phenolic OH excluding ortho intramolecular Hbond substituents is 1. The second-order valence-electron chi connectivity index (χ2n) is 5.45. The molecule has 0 saturated heterocycles. The highest BCUT2D eigenvalue weighted by Gasteiger charge is 2.15. The molecule has 3 aromatic carbocycles. The summed E-state index contributed by atoms with van der Waals surface area (Å²) in [6, 6.07) is 17.1. The maximum Gasteiger partial charge on any atom is 0.342 e. The lowest BCUT2D eigenvalue weighted by atomic mass is 10.1. The minimum atomic E-state index is -0.611. The quantitative estimate of drug-likeness (QED) is 0.736. The third-order valence-electron chi connectivity index (χ3n) is 3.87. The first-order valence-electron chi connectivity index (χ1n) is 7.65. The molecule has 3 rings (SSSR count). The molecule has 0 radical (unpaired) electrons. The van der Waals surface area contributed by atoms with Gasteiger partial charge in [-0.25, -0.2) is 9.59 Å². The first kappa shape index (κ1) is 16.5. The van der Waals surface area contributed by atoms with Crippen molar-refractivity contribution in [2.45, 2.75) is 6.61 Å². The van der Waals surface area contributed by atoms with Crippen molar-refractivity contribution in [3.05, 3.63) is 77.4 Å². The van der Waals surface area contributed by atoms with E-state index < -0.39 is 11.9 Å². The zero-order chi connectivity index (χ0) is 17.8. The molecule has 25 heavy (non-hydrogen) atoms. The summed E-state index contributed by atoms with van der Waals surface area (Å²) in [5, 5.41) is 11.7. The number of carbonyl (C=O) groups excluding carboxylic acids is 2. The van der Waals surface area contributed by atoms with Crippen LogP contribution in [0.3, 0.4) is 0 Å². The van der Waals surface area contributed by atoms with Crippen molar-refractivity contribution in [3.63, 3.8) is 0 Å². The van der Waals surface area contributed by atoms with Gasteiger partial charge in [0.1, 0.15) is 17.9 Å². The monoisotopic (exact) mass is 336 g/mol. The Labute approximate surface area is 144 Å². The first-order chi connectivity index (χ1) is 12.1. The number of benzene rings is 3. The third kappa shape index (κ3) is 3.45. The van der Waals surface area contributed by atoms with E-state index in [9.17, 15) is 14.7 Å². The van der Waals surface area contributed by atoms with Crippen LogP contribution in [-0.4, -0.2) is 24.2 Å². The smallest absolute Gasteiger partial charge is 0.342 e. The molecule has 0 amide bonds. The fraction of sp³-hybridized carbons (Fsp3) is 0.100. The van der Waals surface area contributed by atoms with Crippen LogP contribution in [0.2, 0.25) is 0 Å². The highest BCUT2D eigenvalue weighted by atomic mass is 16.5. The number of hydrogen-bond acceptors (Lipinski definition) is 5. The molecule has 0 saturated carbocycles. The fourth-order valence-electron chi connectivity index (χ4n) is 2.50. The first-order valence-corrected chi connectivity index (χ1v) is 7.65. The van der Waals surface area contributed by atoms with Gasteiger partial charge in [-0.05, 0) is 29.1 Å². The summed E-state index contributed by atoms with van der Waals surface area (Å²) in [5.74, 6) is -1.13. The second-order valence-corrected chi connectivity index (χ2v) is 5.45. The minimum Gasteiger partial charge on any atom is -0.506 e. The summed E-state index contributed by atoms with van der Waals surface area (Å²) in [4.78, 5) is 23.6. The molecule has 5 nitrogen and oxygen atoms in total. The van der Waals surface area contributed by atoms with Crippen molar-refractivity contribution in [2.75, 3.05) is 7.11 Å². The van der Waals surface area contributed by atoms with Crippen LogP contribution in [0.1, 0.15) is 26.3 Å². The predicted molar refractivity (Wildman–Crippen MR) is 92.5 cm³/mol.